The lowest BCUT2D eigenvalue weighted by Gasteiger charge is -2.50. The number of hydrogen-bond donors (Lipinski definition) is 7. The minimum Gasteiger partial charge on any atom is -0.457 e. The molecule has 28 heteroatoms. The van der Waals surface area contributed by atoms with Crippen molar-refractivity contribution in [3.63, 3.8) is 0 Å². The zero-order valence-corrected chi connectivity index (χ0v) is 51.1. The summed E-state index contributed by atoms with van der Waals surface area (Å²) >= 11 is 0. The van der Waals surface area contributed by atoms with Gasteiger partial charge in [0, 0.05) is 40.3 Å². The van der Waals surface area contributed by atoms with E-state index >= 15 is 0 Å². The van der Waals surface area contributed by atoms with Crippen LogP contribution in [0.15, 0.2) is 0 Å². The van der Waals surface area contributed by atoms with E-state index in [9.17, 15) is 48.3 Å². The molecule has 2 aliphatic heterocycles. The van der Waals surface area contributed by atoms with Crippen LogP contribution >= 0.6 is 0 Å². The second-order valence-electron chi connectivity index (χ2n) is 25.2. The Hall–Kier alpha value is -5.97. The molecule has 0 aromatic carbocycles. The highest BCUT2D eigenvalue weighted by Crippen LogP contribution is 2.36. The maximum absolute atomic E-state index is 14.6. The van der Waals surface area contributed by atoms with Crippen LogP contribution in [0.25, 0.3) is 0 Å². The summed E-state index contributed by atoms with van der Waals surface area (Å²) in [6.07, 6.45) is -20.1. The summed E-state index contributed by atoms with van der Waals surface area (Å²) in [5, 5.41) is 29.1. The highest BCUT2D eigenvalue weighted by molar-refractivity contribution is 5.84. The van der Waals surface area contributed by atoms with E-state index in [-0.39, 0.29) is 38.8 Å². The molecule has 0 aromatic heterocycles. The summed E-state index contributed by atoms with van der Waals surface area (Å²) in [6.45, 7) is 29.1. The topological polar surface area (TPSA) is 357 Å². The van der Waals surface area contributed by atoms with Crippen LogP contribution in [0.2, 0.25) is 0 Å². The van der Waals surface area contributed by atoms with Crippen molar-refractivity contribution in [1.82, 2.24) is 31.9 Å². The first-order valence-corrected chi connectivity index (χ1v) is 27.6. The van der Waals surface area contributed by atoms with Crippen molar-refractivity contribution in [2.45, 2.75) is 277 Å². The van der Waals surface area contributed by atoms with E-state index < -0.39 is 174 Å². The van der Waals surface area contributed by atoms with Gasteiger partial charge in [-0.2, -0.15) is 0 Å². The molecule has 6 amide bonds. The summed E-state index contributed by atoms with van der Waals surface area (Å²) in [5.41, 5.74) is -4.79. The number of amides is 6. The Labute approximate surface area is 480 Å². The molecule has 82 heavy (non-hydrogen) atoms. The molecule has 3 fully saturated rings. The monoisotopic (exact) mass is 1180 g/mol. The SMILES string of the molecule is CCC1O[C@H](O[C@@H]2C(O)C(O[C@H]3OC(CNC(=O)OC(C)(C)C)CCC3NC(=O)OC(C)(C)C)[C@H](NC(=O)OC(C)(C)C)C[C@H]2NC(=O)[C@H](CCNC(=O)OC(C)(C)C)OC(C)=O)C(OC(C)=O)[C@@H](NC(=O)OC(C)(C)C)[C@@H]1OC(C)=O. The molecule has 0 radical (unpaired) electrons. The smallest absolute Gasteiger partial charge is 0.408 e. The molecule has 1 saturated carbocycles. The van der Waals surface area contributed by atoms with Crippen molar-refractivity contribution in [3.8, 4) is 0 Å². The largest absolute Gasteiger partial charge is 0.457 e. The molecule has 7 N–H and O–H groups in total. The van der Waals surface area contributed by atoms with Crippen molar-refractivity contribution in [2.24, 2.45) is 0 Å². The van der Waals surface area contributed by atoms with Crippen molar-refractivity contribution in [3.05, 3.63) is 0 Å². The second kappa shape index (κ2) is 29.5. The van der Waals surface area contributed by atoms with Crippen LogP contribution in [-0.4, -0.2) is 186 Å². The summed E-state index contributed by atoms with van der Waals surface area (Å²) in [5.74, 6) is -3.59. The van der Waals surface area contributed by atoms with Crippen molar-refractivity contribution < 1.29 is 105 Å². The van der Waals surface area contributed by atoms with Gasteiger partial charge in [-0.3, -0.25) is 19.2 Å². The predicted octanol–water partition coefficient (Wildman–Crippen LogP) is 4.56. The second-order valence-corrected chi connectivity index (χ2v) is 25.2. The van der Waals surface area contributed by atoms with E-state index in [1.165, 1.54) is 0 Å². The highest BCUT2D eigenvalue weighted by atomic mass is 16.7. The first kappa shape index (κ1) is 70.3. The van der Waals surface area contributed by atoms with Gasteiger partial charge in [-0.05, 0) is 130 Å². The fourth-order valence-corrected chi connectivity index (χ4v) is 8.81. The first-order chi connectivity index (χ1) is 37.5. The predicted molar refractivity (Wildman–Crippen MR) is 288 cm³/mol. The van der Waals surface area contributed by atoms with Gasteiger partial charge in [-0.15, -0.1) is 0 Å². The summed E-state index contributed by atoms with van der Waals surface area (Å²) in [6, 6.07) is -5.35. The van der Waals surface area contributed by atoms with Gasteiger partial charge in [-0.25, -0.2) is 24.0 Å². The minimum atomic E-state index is -2.03. The quantitative estimate of drug-likeness (QED) is 0.0730. The number of aliphatic hydroxyl groups excluding tert-OH is 1. The van der Waals surface area contributed by atoms with Gasteiger partial charge in [0.1, 0.15) is 52.4 Å². The number of ether oxygens (including phenoxy) is 12. The van der Waals surface area contributed by atoms with Crippen molar-refractivity contribution in [2.75, 3.05) is 13.1 Å². The number of esters is 3. The molecular weight excluding hydrogens is 1080 g/mol. The first-order valence-electron chi connectivity index (χ1n) is 27.6. The molecule has 28 nitrogen and oxygen atoms in total. The van der Waals surface area contributed by atoms with Gasteiger partial charge < -0.3 is 93.8 Å². The van der Waals surface area contributed by atoms with E-state index in [1.807, 2.05) is 0 Å². The van der Waals surface area contributed by atoms with Crippen LogP contribution in [-0.2, 0) is 76.0 Å². The Balaban J connectivity index is 2.31. The Bertz CT molecular complexity index is 2200. The number of carbonyl (C=O) groups is 9. The molecule has 2 saturated heterocycles. The molecule has 2 heterocycles. The van der Waals surface area contributed by atoms with Gasteiger partial charge in [-0.1, -0.05) is 6.92 Å². The van der Waals surface area contributed by atoms with Crippen LogP contribution in [0.1, 0.15) is 164 Å². The molecular formula is C54H92N6O22. The summed E-state index contributed by atoms with van der Waals surface area (Å²) in [7, 11) is 0. The number of carbonyl (C=O) groups excluding carboxylic acids is 9. The summed E-state index contributed by atoms with van der Waals surface area (Å²) in [4.78, 5) is 119. The van der Waals surface area contributed by atoms with Gasteiger partial charge >= 0.3 is 48.4 Å². The Morgan fingerprint density at radius 1 is 0.512 bits per heavy atom. The fourth-order valence-electron chi connectivity index (χ4n) is 8.81. The molecule has 470 valence electrons. The van der Waals surface area contributed by atoms with Crippen LogP contribution in [0, 0.1) is 0 Å². The third kappa shape index (κ3) is 25.3. The normalized spacial score (nSPS) is 27.3. The van der Waals surface area contributed by atoms with E-state index in [0.717, 1.165) is 20.8 Å². The number of rotatable bonds is 18. The zero-order chi connectivity index (χ0) is 62.5. The van der Waals surface area contributed by atoms with E-state index in [4.69, 9.17) is 56.8 Å². The average molecular weight is 1180 g/mol. The third-order valence-corrected chi connectivity index (χ3v) is 11.6. The Morgan fingerprint density at radius 3 is 1.43 bits per heavy atom. The van der Waals surface area contributed by atoms with E-state index in [2.05, 4.69) is 31.9 Å². The Morgan fingerprint density at radius 2 is 0.951 bits per heavy atom. The van der Waals surface area contributed by atoms with Crippen molar-refractivity contribution >= 4 is 54.3 Å². The van der Waals surface area contributed by atoms with Crippen LogP contribution in [0.4, 0.5) is 24.0 Å². The lowest BCUT2D eigenvalue weighted by molar-refractivity contribution is -0.316. The number of hydrogen-bond acceptors (Lipinski definition) is 22. The van der Waals surface area contributed by atoms with E-state index in [1.54, 1.807) is 111 Å². The van der Waals surface area contributed by atoms with Crippen LogP contribution in [0.5, 0.6) is 0 Å². The molecule has 6 unspecified atom stereocenters. The van der Waals surface area contributed by atoms with E-state index in [0.29, 0.717) is 0 Å². The number of nitrogens with one attached hydrogen (secondary N) is 6. The average Bonchev–Trinajstić information content (AvgIpc) is 3.27. The van der Waals surface area contributed by atoms with Crippen LogP contribution in [0.3, 0.4) is 0 Å². The molecule has 0 bridgehead atoms. The summed E-state index contributed by atoms with van der Waals surface area (Å²) < 4.78 is 70.8. The molecule has 0 aromatic rings. The van der Waals surface area contributed by atoms with Gasteiger partial charge in [0.25, 0.3) is 5.91 Å². The van der Waals surface area contributed by atoms with Crippen LogP contribution < -0.4 is 31.9 Å². The number of aliphatic hydroxyl groups is 1. The molecule has 14 atom stereocenters. The van der Waals surface area contributed by atoms with Gasteiger partial charge in [0.15, 0.2) is 30.9 Å². The maximum Gasteiger partial charge on any atom is 0.408 e. The number of alkyl carbamates (subject to hydrolysis) is 5. The van der Waals surface area contributed by atoms with Gasteiger partial charge in [0.05, 0.1) is 30.3 Å². The molecule has 0 spiro atoms. The molecule has 3 aliphatic rings. The standard InChI is InChI=1S/C54H92N6O22/c1-20-34-40(72-28(3)62)36(60-49(70)82-54(17,18)19)41(73-29(4)63)44(75-34)77-38-32(57-42(65)35(71-27(2)61)23-24-55-45(66)78-50(5,6)7)25-33(59-48(69)81-53(14,15)16)39(37(38)64)76-43-31(58-47(68)80-52(11,12)13)22-21-30(74-43)26-56-46(67)79-51(8,9)10/h30-41,43-44,64H,20-26H2,1-19H3,(H,55,66)(H,56,67)(H,57,65)(H,58,68)(H,59,69)(H,60,70)/t30?,31?,32-,33-,34?,35+,36+,37?,38+,39?,40-,41?,43-,44-/m1/s1. The van der Waals surface area contributed by atoms with Gasteiger partial charge in [0.2, 0.25) is 0 Å². The molecule has 1 aliphatic carbocycles. The third-order valence-electron chi connectivity index (χ3n) is 11.6. The van der Waals surface area contributed by atoms with Crippen molar-refractivity contribution in [1.29, 1.82) is 0 Å². The fraction of sp³-hybridized carbons (Fsp3) is 0.833. The Kier molecular flexibility index (Phi) is 25.3. The highest BCUT2D eigenvalue weighted by Gasteiger charge is 2.56. The molecule has 3 rings (SSSR count). The lowest BCUT2D eigenvalue weighted by atomic mass is 9.83. The maximum atomic E-state index is 14.6. The lowest BCUT2D eigenvalue weighted by Crippen LogP contribution is -2.71. The minimum absolute atomic E-state index is 0.0779. The zero-order valence-electron chi connectivity index (χ0n) is 51.1.